The van der Waals surface area contributed by atoms with E-state index >= 15 is 0 Å². The fourth-order valence-corrected chi connectivity index (χ4v) is 3.20. The zero-order chi connectivity index (χ0) is 14.4. The van der Waals surface area contributed by atoms with Gasteiger partial charge in [-0.25, -0.2) is 0 Å². The summed E-state index contributed by atoms with van der Waals surface area (Å²) in [4.78, 5) is 26.0. The number of hydrogen-bond donors (Lipinski definition) is 0. The number of hydrogen-bond acceptors (Lipinski definition) is 3. The molecule has 1 aromatic rings. The maximum absolute atomic E-state index is 12.2. The van der Waals surface area contributed by atoms with Gasteiger partial charge in [0, 0.05) is 0 Å². The molecule has 1 aromatic carbocycles. The van der Waals surface area contributed by atoms with Crippen LogP contribution in [0.2, 0.25) is 0 Å². The first-order chi connectivity index (χ1) is 9.47. The van der Waals surface area contributed by atoms with Gasteiger partial charge in [0.25, 0.3) is 11.7 Å². The Balaban J connectivity index is 1.94. The number of rotatable bonds is 2. The first-order valence-corrected chi connectivity index (χ1v) is 7.10. The third kappa shape index (κ3) is 2.04. The van der Waals surface area contributed by atoms with Gasteiger partial charge in [-0.15, -0.1) is 0 Å². The van der Waals surface area contributed by atoms with E-state index in [1.807, 2.05) is 32.9 Å². The smallest absolute Gasteiger partial charge is 0.299 e. The number of carbonyl (C=O) groups excluding carboxylic acids is 2. The summed E-state index contributed by atoms with van der Waals surface area (Å²) in [6, 6.07) is 3.87. The van der Waals surface area contributed by atoms with Crippen molar-refractivity contribution in [2.24, 2.45) is 0 Å². The third-order valence-corrected chi connectivity index (χ3v) is 4.12. The molecule has 20 heavy (non-hydrogen) atoms. The average Bonchev–Trinajstić information content (AvgIpc) is 2.87. The Kier molecular flexibility index (Phi) is 3.13. The summed E-state index contributed by atoms with van der Waals surface area (Å²) >= 11 is 0. The number of anilines is 1. The van der Waals surface area contributed by atoms with E-state index in [4.69, 9.17) is 4.74 Å². The first kappa shape index (κ1) is 13.3. The highest BCUT2D eigenvalue weighted by Crippen LogP contribution is 2.34. The van der Waals surface area contributed by atoms with Crippen molar-refractivity contribution < 1.29 is 14.3 Å². The molecule has 0 spiro atoms. The van der Waals surface area contributed by atoms with Gasteiger partial charge in [0.2, 0.25) is 0 Å². The fourth-order valence-electron chi connectivity index (χ4n) is 3.20. The lowest BCUT2D eigenvalue weighted by Crippen LogP contribution is -2.36. The van der Waals surface area contributed by atoms with Crippen molar-refractivity contribution >= 4 is 17.4 Å². The molecule has 4 heteroatoms. The lowest BCUT2D eigenvalue weighted by Gasteiger charge is -2.21. The molecular weight excluding hydrogens is 254 g/mol. The van der Waals surface area contributed by atoms with E-state index in [1.165, 1.54) is 0 Å². The molecule has 0 saturated carbocycles. The van der Waals surface area contributed by atoms with Gasteiger partial charge in [-0.1, -0.05) is 6.07 Å². The van der Waals surface area contributed by atoms with E-state index < -0.39 is 5.91 Å². The molecule has 4 nitrogen and oxygen atoms in total. The summed E-state index contributed by atoms with van der Waals surface area (Å²) in [5, 5.41) is 0. The van der Waals surface area contributed by atoms with E-state index in [0.717, 1.165) is 29.7 Å². The maximum atomic E-state index is 12.2. The lowest BCUT2D eigenvalue weighted by atomic mass is 10.0. The Morgan fingerprint density at radius 3 is 2.65 bits per heavy atom. The molecule has 2 aliphatic rings. The van der Waals surface area contributed by atoms with Crippen LogP contribution in [-0.4, -0.2) is 30.4 Å². The summed E-state index contributed by atoms with van der Waals surface area (Å²) in [6.45, 7) is 6.38. The summed E-state index contributed by atoms with van der Waals surface area (Å²) in [5.41, 5.74) is 3.25. The van der Waals surface area contributed by atoms with Gasteiger partial charge in [0.1, 0.15) is 0 Å². The number of ketones is 1. The molecule has 3 rings (SSSR count). The number of fused-ring (bicyclic) bond motifs is 1. The molecule has 1 saturated heterocycles. The zero-order valence-corrected chi connectivity index (χ0v) is 12.1. The van der Waals surface area contributed by atoms with Crippen LogP contribution < -0.4 is 4.90 Å². The van der Waals surface area contributed by atoms with E-state index in [0.29, 0.717) is 12.1 Å². The van der Waals surface area contributed by atoms with Crippen LogP contribution in [0.15, 0.2) is 12.1 Å². The van der Waals surface area contributed by atoms with Gasteiger partial charge in [0.15, 0.2) is 0 Å². The monoisotopic (exact) mass is 273 g/mol. The van der Waals surface area contributed by atoms with E-state index in [1.54, 1.807) is 4.90 Å². The Hall–Kier alpha value is -1.68. The third-order valence-electron chi connectivity index (χ3n) is 4.12. The van der Waals surface area contributed by atoms with Gasteiger partial charge in [-0.05, 0) is 50.8 Å². The average molecular weight is 273 g/mol. The predicted molar refractivity (Wildman–Crippen MR) is 76.2 cm³/mol. The van der Waals surface area contributed by atoms with Crippen LogP contribution in [0.1, 0.15) is 41.3 Å². The molecule has 2 aliphatic heterocycles. The number of amides is 1. The van der Waals surface area contributed by atoms with Crippen LogP contribution in [0.25, 0.3) is 0 Å². The van der Waals surface area contributed by atoms with Crippen molar-refractivity contribution in [3.8, 4) is 0 Å². The Labute approximate surface area is 118 Å². The number of aryl methyl sites for hydroxylation is 2. The van der Waals surface area contributed by atoms with E-state index in [9.17, 15) is 9.59 Å². The van der Waals surface area contributed by atoms with Crippen molar-refractivity contribution in [3.05, 3.63) is 28.8 Å². The fraction of sp³-hybridized carbons (Fsp3) is 0.500. The Morgan fingerprint density at radius 1 is 1.25 bits per heavy atom. The number of ether oxygens (including phenoxy) is 1. The first-order valence-electron chi connectivity index (χ1n) is 7.10. The molecule has 0 N–H and O–H groups in total. The van der Waals surface area contributed by atoms with Crippen molar-refractivity contribution in [1.82, 2.24) is 0 Å². The second kappa shape index (κ2) is 4.70. The van der Waals surface area contributed by atoms with Crippen LogP contribution in [0, 0.1) is 13.8 Å². The van der Waals surface area contributed by atoms with Crippen molar-refractivity contribution in [3.63, 3.8) is 0 Å². The highest BCUT2D eigenvalue weighted by Gasteiger charge is 2.39. The summed E-state index contributed by atoms with van der Waals surface area (Å²) in [7, 11) is 0. The molecule has 0 bridgehead atoms. The Morgan fingerprint density at radius 2 is 2.00 bits per heavy atom. The van der Waals surface area contributed by atoms with E-state index in [-0.39, 0.29) is 18.0 Å². The largest absolute Gasteiger partial charge is 0.373 e. The number of benzene rings is 1. The highest BCUT2D eigenvalue weighted by atomic mass is 16.5. The van der Waals surface area contributed by atoms with Gasteiger partial charge in [-0.2, -0.15) is 0 Å². The Bertz CT molecular complexity index is 594. The minimum atomic E-state index is -0.420. The van der Waals surface area contributed by atoms with Crippen LogP contribution >= 0.6 is 0 Å². The van der Waals surface area contributed by atoms with Gasteiger partial charge >= 0.3 is 0 Å². The molecule has 2 heterocycles. The second-order valence-electron chi connectivity index (χ2n) is 5.87. The molecule has 1 amide bonds. The molecule has 2 unspecified atom stereocenters. The van der Waals surface area contributed by atoms with Crippen molar-refractivity contribution in [2.45, 2.75) is 45.8 Å². The van der Waals surface area contributed by atoms with E-state index in [2.05, 4.69) is 0 Å². The van der Waals surface area contributed by atoms with Crippen molar-refractivity contribution in [1.29, 1.82) is 0 Å². The summed E-state index contributed by atoms with van der Waals surface area (Å²) in [6.07, 6.45) is 2.24. The highest BCUT2D eigenvalue weighted by molar-refractivity contribution is 6.52. The van der Waals surface area contributed by atoms with Crippen LogP contribution in [-0.2, 0) is 9.53 Å². The minimum Gasteiger partial charge on any atom is -0.373 e. The zero-order valence-electron chi connectivity index (χ0n) is 12.1. The SMILES string of the molecule is Cc1cc(C)c2c(c1)N(CC1CCC(C)O1)C(=O)C2=O. The minimum absolute atomic E-state index is 0.0357. The molecular formula is C16H19NO3. The molecule has 106 valence electrons. The van der Waals surface area contributed by atoms with Gasteiger partial charge < -0.3 is 9.64 Å². The summed E-state index contributed by atoms with van der Waals surface area (Å²) in [5.74, 6) is -0.805. The molecule has 1 fully saturated rings. The molecule has 0 aliphatic carbocycles. The van der Waals surface area contributed by atoms with Gasteiger partial charge in [-0.3, -0.25) is 9.59 Å². The van der Waals surface area contributed by atoms with Crippen LogP contribution in [0.4, 0.5) is 5.69 Å². The number of Topliss-reactive ketones (excluding diaryl/α,β-unsaturated/α-hetero) is 1. The number of nitrogens with zero attached hydrogens (tertiary/aromatic N) is 1. The van der Waals surface area contributed by atoms with Crippen LogP contribution in [0.3, 0.4) is 0 Å². The summed E-state index contributed by atoms with van der Waals surface area (Å²) < 4.78 is 5.78. The van der Waals surface area contributed by atoms with Crippen LogP contribution in [0.5, 0.6) is 0 Å². The number of carbonyl (C=O) groups is 2. The maximum Gasteiger partial charge on any atom is 0.299 e. The quantitative estimate of drug-likeness (QED) is 0.777. The molecule has 0 radical (unpaired) electrons. The van der Waals surface area contributed by atoms with Gasteiger partial charge in [0.05, 0.1) is 30.0 Å². The lowest BCUT2D eigenvalue weighted by molar-refractivity contribution is -0.114. The molecule has 0 aromatic heterocycles. The predicted octanol–water partition coefficient (Wildman–Crippen LogP) is 2.40. The standard InChI is InChI=1S/C16H19NO3/c1-9-6-10(2)14-13(7-9)17(16(19)15(14)18)8-12-5-4-11(3)20-12/h6-7,11-12H,4-5,8H2,1-3H3. The van der Waals surface area contributed by atoms with Crippen molar-refractivity contribution in [2.75, 3.05) is 11.4 Å². The topological polar surface area (TPSA) is 46.6 Å². The normalized spacial score (nSPS) is 25.4. The molecule has 2 atom stereocenters. The second-order valence-corrected chi connectivity index (χ2v) is 5.87.